The number of nitro benzene ring substituents is 1. The summed E-state index contributed by atoms with van der Waals surface area (Å²) >= 11 is 9.36. The molecule has 21 heavy (non-hydrogen) atoms. The fourth-order valence-electron chi connectivity index (χ4n) is 1.72. The Bertz CT molecular complexity index is 681. The maximum Gasteiger partial charge on any atom is 0.305 e. The van der Waals surface area contributed by atoms with Crippen molar-refractivity contribution in [3.8, 4) is 5.75 Å². The average molecular weight is 375 g/mol. The van der Waals surface area contributed by atoms with Gasteiger partial charge in [0.25, 0.3) is 0 Å². The highest BCUT2D eigenvalue weighted by Gasteiger charge is 2.17. The minimum absolute atomic E-state index is 0.102. The van der Waals surface area contributed by atoms with Crippen molar-refractivity contribution in [1.82, 2.24) is 0 Å². The fraction of sp³-hybridized carbons (Fsp3) is 0.143. The highest BCUT2D eigenvalue weighted by molar-refractivity contribution is 9.08. The molecule has 0 aliphatic carbocycles. The highest BCUT2D eigenvalue weighted by atomic mass is 79.9. The summed E-state index contributed by atoms with van der Waals surface area (Å²) in [5.41, 5.74) is 0.510. The molecular formula is C14H10BrClFNO3. The Morgan fingerprint density at radius 1 is 1.33 bits per heavy atom. The van der Waals surface area contributed by atoms with Gasteiger partial charge < -0.3 is 4.74 Å². The van der Waals surface area contributed by atoms with Gasteiger partial charge in [0.2, 0.25) is 5.82 Å². The zero-order valence-electron chi connectivity index (χ0n) is 10.7. The van der Waals surface area contributed by atoms with Crippen LogP contribution in [0.1, 0.15) is 11.1 Å². The molecule has 0 heterocycles. The molecule has 2 rings (SSSR count). The van der Waals surface area contributed by atoms with Crippen LogP contribution in [0.2, 0.25) is 5.02 Å². The first kappa shape index (κ1) is 15.7. The largest absolute Gasteiger partial charge is 0.487 e. The molecule has 0 atom stereocenters. The van der Waals surface area contributed by atoms with E-state index in [4.69, 9.17) is 16.3 Å². The van der Waals surface area contributed by atoms with Crippen LogP contribution in [0, 0.1) is 15.9 Å². The molecular weight excluding hydrogens is 365 g/mol. The highest BCUT2D eigenvalue weighted by Crippen LogP contribution is 2.28. The lowest BCUT2D eigenvalue weighted by Crippen LogP contribution is -2.02. The second-order valence-electron chi connectivity index (χ2n) is 4.19. The summed E-state index contributed by atoms with van der Waals surface area (Å²) in [6, 6.07) is 9.18. The van der Waals surface area contributed by atoms with Crippen LogP contribution >= 0.6 is 27.5 Å². The Balaban J connectivity index is 2.17. The van der Waals surface area contributed by atoms with Gasteiger partial charge in [-0.25, -0.2) is 0 Å². The number of halogens is 3. The Labute approximate surface area is 133 Å². The normalized spacial score (nSPS) is 10.4. The molecule has 110 valence electrons. The van der Waals surface area contributed by atoms with E-state index < -0.39 is 16.4 Å². The van der Waals surface area contributed by atoms with E-state index >= 15 is 0 Å². The Morgan fingerprint density at radius 2 is 2.10 bits per heavy atom. The van der Waals surface area contributed by atoms with Crippen molar-refractivity contribution in [2.45, 2.75) is 11.9 Å². The molecule has 0 N–H and O–H groups in total. The van der Waals surface area contributed by atoms with E-state index in [2.05, 4.69) is 15.9 Å². The maximum absolute atomic E-state index is 13.9. The third-order valence-corrected chi connectivity index (χ3v) is 3.73. The van der Waals surface area contributed by atoms with Crippen molar-refractivity contribution in [2.24, 2.45) is 0 Å². The van der Waals surface area contributed by atoms with Crippen LogP contribution in [0.5, 0.6) is 5.75 Å². The minimum atomic E-state index is -0.893. The van der Waals surface area contributed by atoms with Crippen LogP contribution in [0.25, 0.3) is 0 Å². The van der Waals surface area contributed by atoms with E-state index in [1.54, 1.807) is 12.1 Å². The molecule has 0 unspecified atom stereocenters. The topological polar surface area (TPSA) is 52.4 Å². The predicted molar refractivity (Wildman–Crippen MR) is 81.5 cm³/mol. The van der Waals surface area contributed by atoms with Crippen LogP contribution in [0.3, 0.4) is 0 Å². The Hall–Kier alpha value is -1.66. The lowest BCUT2D eigenvalue weighted by molar-refractivity contribution is -0.387. The number of ether oxygens (including phenoxy) is 1. The van der Waals surface area contributed by atoms with E-state index in [0.29, 0.717) is 16.1 Å². The number of hydrogen-bond acceptors (Lipinski definition) is 3. The van der Waals surface area contributed by atoms with Crippen molar-refractivity contribution in [1.29, 1.82) is 0 Å². The molecule has 0 saturated heterocycles. The molecule has 0 saturated carbocycles. The quantitative estimate of drug-likeness (QED) is 0.426. The van der Waals surface area contributed by atoms with Gasteiger partial charge in [-0.05, 0) is 17.7 Å². The zero-order valence-corrected chi connectivity index (χ0v) is 13.0. The number of rotatable bonds is 5. The van der Waals surface area contributed by atoms with E-state index in [1.807, 2.05) is 6.07 Å². The van der Waals surface area contributed by atoms with Gasteiger partial charge in [0, 0.05) is 17.0 Å². The molecule has 0 aromatic heterocycles. The average Bonchev–Trinajstić information content (AvgIpc) is 2.46. The van der Waals surface area contributed by atoms with Crippen molar-refractivity contribution < 1.29 is 14.1 Å². The van der Waals surface area contributed by atoms with E-state index in [1.165, 1.54) is 12.1 Å². The molecule has 0 spiro atoms. The summed E-state index contributed by atoms with van der Waals surface area (Å²) in [6.45, 7) is -0.138. The van der Waals surface area contributed by atoms with Crippen LogP contribution in [-0.2, 0) is 11.9 Å². The van der Waals surface area contributed by atoms with E-state index in [9.17, 15) is 14.5 Å². The Morgan fingerprint density at radius 3 is 2.71 bits per heavy atom. The summed E-state index contributed by atoms with van der Waals surface area (Å²) in [5.74, 6) is -0.497. The number of nitro groups is 1. The Kier molecular flexibility index (Phi) is 5.14. The summed E-state index contributed by atoms with van der Waals surface area (Å²) in [6.07, 6.45) is 0. The fourth-order valence-corrected chi connectivity index (χ4v) is 2.33. The molecule has 2 aromatic carbocycles. The van der Waals surface area contributed by atoms with Gasteiger partial charge in [0.05, 0.1) is 9.95 Å². The lowest BCUT2D eigenvalue weighted by Gasteiger charge is -2.09. The molecule has 2 aromatic rings. The zero-order chi connectivity index (χ0) is 15.4. The smallest absolute Gasteiger partial charge is 0.305 e. The van der Waals surface area contributed by atoms with Gasteiger partial charge >= 0.3 is 5.69 Å². The third kappa shape index (κ3) is 3.71. The first-order chi connectivity index (χ1) is 10.0. The predicted octanol–water partition coefficient (Wildman–Crippen LogP) is 4.86. The van der Waals surface area contributed by atoms with Crippen molar-refractivity contribution in [2.75, 3.05) is 0 Å². The first-order valence-corrected chi connectivity index (χ1v) is 7.42. The van der Waals surface area contributed by atoms with Crippen LogP contribution in [0.15, 0.2) is 36.4 Å². The minimum Gasteiger partial charge on any atom is -0.487 e. The van der Waals surface area contributed by atoms with Gasteiger partial charge in [-0.3, -0.25) is 10.1 Å². The van der Waals surface area contributed by atoms with Crippen molar-refractivity contribution in [3.05, 3.63) is 68.5 Å². The van der Waals surface area contributed by atoms with Crippen LogP contribution in [0.4, 0.5) is 10.1 Å². The number of hydrogen-bond donors (Lipinski definition) is 0. The molecule has 0 bridgehead atoms. The second kappa shape index (κ2) is 6.87. The summed E-state index contributed by atoms with van der Waals surface area (Å²) in [5, 5.41) is 11.7. The third-order valence-electron chi connectivity index (χ3n) is 2.79. The van der Waals surface area contributed by atoms with E-state index in [0.717, 1.165) is 11.6 Å². The van der Waals surface area contributed by atoms with Gasteiger partial charge in [-0.15, -0.1) is 0 Å². The summed E-state index contributed by atoms with van der Waals surface area (Å²) < 4.78 is 19.3. The van der Waals surface area contributed by atoms with Crippen LogP contribution in [-0.4, -0.2) is 4.92 Å². The first-order valence-electron chi connectivity index (χ1n) is 5.92. The molecule has 0 aliphatic rings. The summed E-state index contributed by atoms with van der Waals surface area (Å²) in [4.78, 5) is 9.90. The van der Waals surface area contributed by atoms with E-state index in [-0.39, 0.29) is 12.2 Å². The van der Waals surface area contributed by atoms with Gasteiger partial charge in [0.1, 0.15) is 12.4 Å². The molecule has 0 radical (unpaired) electrons. The number of nitrogens with zero attached hydrogens (tertiary/aromatic N) is 1. The molecule has 4 nitrogen and oxygen atoms in total. The van der Waals surface area contributed by atoms with Crippen molar-refractivity contribution >= 4 is 33.2 Å². The monoisotopic (exact) mass is 373 g/mol. The molecule has 0 fully saturated rings. The van der Waals surface area contributed by atoms with Crippen LogP contribution < -0.4 is 4.74 Å². The molecule has 0 aliphatic heterocycles. The standard InChI is InChI=1S/C14H10BrClFNO3/c15-7-9-4-5-13(11(16)6-9)21-8-10-2-1-3-12(14(10)17)18(19)20/h1-6H,7-8H2. The van der Waals surface area contributed by atoms with Gasteiger partial charge in [-0.1, -0.05) is 45.7 Å². The maximum atomic E-state index is 13.9. The molecule has 7 heteroatoms. The lowest BCUT2D eigenvalue weighted by atomic mass is 10.2. The van der Waals surface area contributed by atoms with Crippen molar-refractivity contribution in [3.63, 3.8) is 0 Å². The van der Waals surface area contributed by atoms with Gasteiger partial charge in [-0.2, -0.15) is 4.39 Å². The SMILES string of the molecule is O=[N+]([O-])c1cccc(COc2ccc(CBr)cc2Cl)c1F. The summed E-state index contributed by atoms with van der Waals surface area (Å²) in [7, 11) is 0. The number of alkyl halides is 1. The number of benzene rings is 2. The second-order valence-corrected chi connectivity index (χ2v) is 5.16. The van der Waals surface area contributed by atoms with Gasteiger partial charge in [0.15, 0.2) is 0 Å². The molecule has 0 amide bonds.